The van der Waals surface area contributed by atoms with E-state index in [0.717, 1.165) is 6.54 Å². The molecular formula is C19H23N. The molecule has 1 N–H and O–H groups in total. The van der Waals surface area contributed by atoms with Crippen LogP contribution in [-0.4, -0.2) is 6.54 Å². The summed E-state index contributed by atoms with van der Waals surface area (Å²) >= 11 is 0. The second kappa shape index (κ2) is 5.41. The van der Waals surface area contributed by atoms with Crippen LogP contribution in [0.1, 0.15) is 42.5 Å². The Morgan fingerprint density at radius 1 is 1.00 bits per heavy atom. The number of hydrogen-bond donors (Lipinski definition) is 1. The minimum absolute atomic E-state index is 0.295. The van der Waals surface area contributed by atoms with Crippen LogP contribution in [-0.2, 0) is 5.41 Å². The lowest BCUT2D eigenvalue weighted by molar-refractivity contribution is 0.438. The quantitative estimate of drug-likeness (QED) is 0.846. The van der Waals surface area contributed by atoms with Gasteiger partial charge in [-0.3, -0.25) is 0 Å². The number of likely N-dealkylation sites (N-methyl/N-ethyl adjacent to an activating group) is 1. The molecular weight excluding hydrogens is 242 g/mol. The third-order valence-electron chi connectivity index (χ3n) is 4.60. The van der Waals surface area contributed by atoms with E-state index in [1.807, 2.05) is 0 Å². The highest BCUT2D eigenvalue weighted by atomic mass is 14.9. The van der Waals surface area contributed by atoms with E-state index in [9.17, 15) is 0 Å². The Morgan fingerprint density at radius 3 is 2.25 bits per heavy atom. The maximum atomic E-state index is 3.74. The first-order valence-electron chi connectivity index (χ1n) is 7.62. The van der Waals surface area contributed by atoms with Crippen molar-refractivity contribution in [1.29, 1.82) is 0 Å². The van der Waals surface area contributed by atoms with Gasteiger partial charge in [-0.25, -0.2) is 0 Å². The van der Waals surface area contributed by atoms with Gasteiger partial charge in [-0.05, 0) is 43.0 Å². The molecule has 1 nitrogen and oxygen atoms in total. The lowest BCUT2D eigenvalue weighted by Gasteiger charge is -2.30. The van der Waals surface area contributed by atoms with Crippen LogP contribution in [0.4, 0.5) is 0 Å². The molecule has 0 saturated heterocycles. The summed E-state index contributed by atoms with van der Waals surface area (Å²) in [6, 6.07) is 20.2. The molecule has 3 rings (SSSR count). The SMILES string of the molecule is CCNC(c1ccccc1C)C1(c2ccccc2)CC1. The molecule has 1 saturated carbocycles. The molecule has 0 radical (unpaired) electrons. The zero-order valence-corrected chi connectivity index (χ0v) is 12.4. The second-order valence-corrected chi connectivity index (χ2v) is 5.87. The molecule has 0 spiro atoms. The fourth-order valence-corrected chi connectivity index (χ4v) is 3.37. The third kappa shape index (κ3) is 2.27. The van der Waals surface area contributed by atoms with E-state index in [4.69, 9.17) is 0 Å². The minimum atomic E-state index is 0.295. The van der Waals surface area contributed by atoms with Gasteiger partial charge in [0, 0.05) is 11.5 Å². The number of rotatable bonds is 5. The van der Waals surface area contributed by atoms with Crippen LogP contribution in [0.15, 0.2) is 54.6 Å². The first-order chi connectivity index (χ1) is 9.78. The van der Waals surface area contributed by atoms with E-state index in [-0.39, 0.29) is 0 Å². The van der Waals surface area contributed by atoms with Crippen LogP contribution >= 0.6 is 0 Å². The van der Waals surface area contributed by atoms with Crippen LogP contribution in [0.2, 0.25) is 0 Å². The van der Waals surface area contributed by atoms with E-state index in [1.54, 1.807) is 0 Å². The molecule has 1 fully saturated rings. The predicted molar refractivity (Wildman–Crippen MR) is 85.0 cm³/mol. The zero-order chi connectivity index (χ0) is 14.0. The Bertz CT molecular complexity index is 569. The summed E-state index contributed by atoms with van der Waals surface area (Å²) in [4.78, 5) is 0. The fourth-order valence-electron chi connectivity index (χ4n) is 3.37. The van der Waals surface area contributed by atoms with Crippen molar-refractivity contribution in [3.8, 4) is 0 Å². The van der Waals surface area contributed by atoms with Crippen molar-refractivity contribution < 1.29 is 0 Å². The van der Waals surface area contributed by atoms with Gasteiger partial charge in [0.05, 0.1) is 0 Å². The zero-order valence-electron chi connectivity index (χ0n) is 12.4. The van der Waals surface area contributed by atoms with Crippen molar-refractivity contribution in [1.82, 2.24) is 5.32 Å². The Hall–Kier alpha value is -1.60. The number of benzene rings is 2. The van der Waals surface area contributed by atoms with Crippen LogP contribution in [0.25, 0.3) is 0 Å². The molecule has 104 valence electrons. The van der Waals surface area contributed by atoms with Crippen molar-refractivity contribution in [3.63, 3.8) is 0 Å². The Morgan fingerprint density at radius 2 is 1.65 bits per heavy atom. The van der Waals surface area contributed by atoms with E-state index in [1.165, 1.54) is 29.5 Å². The van der Waals surface area contributed by atoms with Gasteiger partial charge in [-0.1, -0.05) is 61.5 Å². The molecule has 1 atom stereocenters. The summed E-state index contributed by atoms with van der Waals surface area (Å²) in [5.74, 6) is 0. The number of nitrogens with one attached hydrogen (secondary N) is 1. The van der Waals surface area contributed by atoms with Crippen molar-refractivity contribution >= 4 is 0 Å². The van der Waals surface area contributed by atoms with Crippen LogP contribution < -0.4 is 5.32 Å². The molecule has 2 aromatic rings. The van der Waals surface area contributed by atoms with E-state index < -0.39 is 0 Å². The van der Waals surface area contributed by atoms with E-state index >= 15 is 0 Å². The van der Waals surface area contributed by atoms with Crippen LogP contribution in [0, 0.1) is 6.92 Å². The standard InChI is InChI=1S/C19H23N/c1-3-20-18(17-12-8-7-9-15(17)2)19(13-14-19)16-10-5-4-6-11-16/h4-12,18,20H,3,13-14H2,1-2H3. The molecule has 0 amide bonds. The molecule has 1 aliphatic carbocycles. The van der Waals surface area contributed by atoms with Crippen LogP contribution in [0.3, 0.4) is 0 Å². The molecule has 0 bridgehead atoms. The van der Waals surface area contributed by atoms with E-state index in [2.05, 4.69) is 73.8 Å². The van der Waals surface area contributed by atoms with Gasteiger partial charge in [0.2, 0.25) is 0 Å². The number of aryl methyl sites for hydroxylation is 1. The lowest BCUT2D eigenvalue weighted by atomic mass is 9.82. The normalized spacial score (nSPS) is 17.7. The average molecular weight is 265 g/mol. The molecule has 1 unspecified atom stereocenters. The average Bonchev–Trinajstić information content (AvgIpc) is 3.28. The summed E-state index contributed by atoms with van der Waals surface area (Å²) < 4.78 is 0. The van der Waals surface area contributed by atoms with Gasteiger partial charge in [-0.15, -0.1) is 0 Å². The summed E-state index contributed by atoms with van der Waals surface area (Å²) in [5.41, 5.74) is 4.62. The summed E-state index contributed by atoms with van der Waals surface area (Å²) in [6.45, 7) is 5.43. The molecule has 20 heavy (non-hydrogen) atoms. The van der Waals surface area contributed by atoms with Crippen molar-refractivity contribution in [3.05, 3.63) is 71.3 Å². The fraction of sp³-hybridized carbons (Fsp3) is 0.368. The number of hydrogen-bond acceptors (Lipinski definition) is 1. The van der Waals surface area contributed by atoms with E-state index in [0.29, 0.717) is 11.5 Å². The van der Waals surface area contributed by atoms with Gasteiger partial charge in [0.1, 0.15) is 0 Å². The topological polar surface area (TPSA) is 12.0 Å². The van der Waals surface area contributed by atoms with Gasteiger partial charge in [-0.2, -0.15) is 0 Å². The largest absolute Gasteiger partial charge is 0.309 e. The van der Waals surface area contributed by atoms with Gasteiger partial charge in [0.25, 0.3) is 0 Å². The Balaban J connectivity index is 2.02. The highest BCUT2D eigenvalue weighted by Gasteiger charge is 2.51. The van der Waals surface area contributed by atoms with Crippen LogP contribution in [0.5, 0.6) is 0 Å². The summed E-state index contributed by atoms with van der Waals surface area (Å²) in [5, 5.41) is 3.74. The minimum Gasteiger partial charge on any atom is -0.309 e. The lowest BCUT2D eigenvalue weighted by Crippen LogP contribution is -2.32. The third-order valence-corrected chi connectivity index (χ3v) is 4.60. The molecule has 1 aliphatic rings. The molecule has 0 aromatic heterocycles. The summed E-state index contributed by atoms with van der Waals surface area (Å²) in [6.07, 6.45) is 2.56. The Kier molecular flexibility index (Phi) is 3.62. The monoisotopic (exact) mass is 265 g/mol. The maximum absolute atomic E-state index is 3.74. The van der Waals surface area contributed by atoms with Gasteiger partial charge in [0.15, 0.2) is 0 Å². The van der Waals surface area contributed by atoms with Gasteiger partial charge >= 0.3 is 0 Å². The molecule has 1 heteroatoms. The summed E-state index contributed by atoms with van der Waals surface area (Å²) in [7, 11) is 0. The first kappa shape index (κ1) is 13.4. The first-order valence-corrected chi connectivity index (χ1v) is 7.62. The Labute approximate surface area is 122 Å². The highest BCUT2D eigenvalue weighted by molar-refractivity contribution is 5.41. The molecule has 2 aromatic carbocycles. The maximum Gasteiger partial charge on any atom is 0.0420 e. The highest BCUT2D eigenvalue weighted by Crippen LogP contribution is 2.56. The second-order valence-electron chi connectivity index (χ2n) is 5.87. The van der Waals surface area contributed by atoms with Crippen molar-refractivity contribution in [2.24, 2.45) is 0 Å². The predicted octanol–water partition coefficient (Wildman–Crippen LogP) is 4.38. The molecule has 0 heterocycles. The van der Waals surface area contributed by atoms with Crippen molar-refractivity contribution in [2.45, 2.75) is 38.1 Å². The van der Waals surface area contributed by atoms with Gasteiger partial charge < -0.3 is 5.32 Å². The molecule has 0 aliphatic heterocycles. The van der Waals surface area contributed by atoms with Crippen molar-refractivity contribution in [2.75, 3.05) is 6.54 Å². The smallest absolute Gasteiger partial charge is 0.0420 e.